The number of hydroxylamine groups is 1. The number of aliphatic hydroxyl groups is 1. The summed E-state index contributed by atoms with van der Waals surface area (Å²) in [5, 5.41) is 21.1. The maximum atomic E-state index is 12.3. The van der Waals surface area contributed by atoms with Gasteiger partial charge >= 0.3 is 0 Å². The van der Waals surface area contributed by atoms with Gasteiger partial charge in [0.1, 0.15) is 0 Å². The van der Waals surface area contributed by atoms with E-state index in [-0.39, 0.29) is 37.6 Å². The molecule has 0 aromatic heterocycles. The molecule has 0 spiro atoms. The first-order chi connectivity index (χ1) is 22.9. The molecule has 0 radical (unpaired) electrons. The van der Waals surface area contributed by atoms with Crippen molar-refractivity contribution in [1.29, 1.82) is 0 Å². The van der Waals surface area contributed by atoms with Crippen molar-refractivity contribution in [3.63, 3.8) is 0 Å². The molecular formula is C38H43N3O6. The van der Waals surface area contributed by atoms with E-state index in [4.69, 9.17) is 14.7 Å². The zero-order valence-corrected chi connectivity index (χ0v) is 26.7. The average molecular weight is 638 g/mol. The van der Waals surface area contributed by atoms with Gasteiger partial charge in [-0.2, -0.15) is 0 Å². The molecule has 2 amide bonds. The van der Waals surface area contributed by atoms with E-state index in [1.807, 2.05) is 72.8 Å². The fraction of sp³-hybridized carbons (Fsp3) is 0.316. The number of rotatable bonds is 14. The van der Waals surface area contributed by atoms with Crippen LogP contribution < -0.4 is 10.8 Å². The van der Waals surface area contributed by atoms with Crippen molar-refractivity contribution < 1.29 is 29.4 Å². The SMILES string of the molecule is CN(Cc1ccccc1)CC1CC(c2ccc(CO)cc2)OC(c2cccc(-c3cccc(CNC(=O)CCCC(=O)NO)c3)c2)O1. The van der Waals surface area contributed by atoms with Crippen molar-refractivity contribution in [2.24, 2.45) is 0 Å². The number of carbonyl (C=O) groups excluding carboxylic acids is 2. The van der Waals surface area contributed by atoms with Crippen LogP contribution >= 0.6 is 0 Å². The summed E-state index contributed by atoms with van der Waals surface area (Å²) in [7, 11) is 2.11. The maximum Gasteiger partial charge on any atom is 0.243 e. The van der Waals surface area contributed by atoms with E-state index in [2.05, 4.69) is 47.6 Å². The first-order valence-electron chi connectivity index (χ1n) is 16.0. The molecule has 0 bridgehead atoms. The van der Waals surface area contributed by atoms with Crippen LogP contribution in [0.25, 0.3) is 11.1 Å². The van der Waals surface area contributed by atoms with Gasteiger partial charge in [0.25, 0.3) is 0 Å². The van der Waals surface area contributed by atoms with Gasteiger partial charge in [-0.05, 0) is 59.0 Å². The number of amides is 2. The second-order valence-corrected chi connectivity index (χ2v) is 12.0. The molecule has 4 aromatic carbocycles. The third-order valence-corrected chi connectivity index (χ3v) is 8.27. The van der Waals surface area contributed by atoms with E-state index in [0.717, 1.165) is 46.5 Å². The summed E-state index contributed by atoms with van der Waals surface area (Å²) in [6.45, 7) is 1.91. The Morgan fingerprint density at radius 3 is 2.23 bits per heavy atom. The van der Waals surface area contributed by atoms with Gasteiger partial charge < -0.3 is 19.9 Å². The van der Waals surface area contributed by atoms with Gasteiger partial charge in [-0.25, -0.2) is 5.48 Å². The Morgan fingerprint density at radius 2 is 1.49 bits per heavy atom. The van der Waals surface area contributed by atoms with Crippen molar-refractivity contribution in [2.45, 2.75) is 63.9 Å². The standard InChI is InChI=1S/C38H43N3O6/c1-41(24-27-8-3-2-4-9-27)25-34-22-35(30-18-16-28(26-42)17-19-30)47-38(46-34)33-13-6-12-32(21-33)31-11-5-10-29(20-31)23-39-36(43)14-7-15-37(44)40-45/h2-6,8-13,16-21,34-35,38,42,45H,7,14-15,22-26H2,1H3,(H,39,43)(H,40,44). The maximum absolute atomic E-state index is 12.3. The highest BCUT2D eigenvalue weighted by atomic mass is 16.7. The monoisotopic (exact) mass is 637 g/mol. The van der Waals surface area contributed by atoms with Crippen molar-refractivity contribution in [1.82, 2.24) is 15.7 Å². The first kappa shape index (κ1) is 34.0. The third-order valence-electron chi connectivity index (χ3n) is 8.27. The minimum absolute atomic E-state index is 0.00366. The van der Waals surface area contributed by atoms with Crippen LogP contribution in [0.15, 0.2) is 103 Å². The van der Waals surface area contributed by atoms with Gasteiger partial charge in [-0.3, -0.25) is 19.7 Å². The molecule has 0 saturated carbocycles. The molecule has 1 heterocycles. The molecule has 0 aliphatic carbocycles. The van der Waals surface area contributed by atoms with Crippen molar-refractivity contribution in [2.75, 3.05) is 13.6 Å². The van der Waals surface area contributed by atoms with Gasteiger partial charge in [0.2, 0.25) is 11.8 Å². The molecule has 1 saturated heterocycles. The summed E-state index contributed by atoms with van der Waals surface area (Å²) in [5.41, 5.74) is 8.61. The van der Waals surface area contributed by atoms with Gasteiger partial charge in [0.05, 0.1) is 18.8 Å². The highest BCUT2D eigenvalue weighted by Gasteiger charge is 2.33. The molecule has 3 atom stereocenters. The topological polar surface area (TPSA) is 120 Å². The predicted molar refractivity (Wildman–Crippen MR) is 179 cm³/mol. The molecule has 4 N–H and O–H groups in total. The van der Waals surface area contributed by atoms with Crippen LogP contribution in [0.3, 0.4) is 0 Å². The molecule has 9 nitrogen and oxygen atoms in total. The number of ether oxygens (including phenoxy) is 2. The zero-order chi connectivity index (χ0) is 33.0. The number of likely N-dealkylation sites (N-methyl/N-ethyl adjacent to an activating group) is 1. The Kier molecular flexibility index (Phi) is 12.3. The van der Waals surface area contributed by atoms with Gasteiger partial charge in [0.15, 0.2) is 6.29 Å². The quantitative estimate of drug-likeness (QED) is 0.102. The fourth-order valence-electron chi connectivity index (χ4n) is 5.82. The lowest BCUT2D eigenvalue weighted by molar-refractivity contribution is -0.252. The molecule has 4 aromatic rings. The second-order valence-electron chi connectivity index (χ2n) is 12.0. The highest BCUT2D eigenvalue weighted by Crippen LogP contribution is 2.39. The summed E-state index contributed by atoms with van der Waals surface area (Å²) in [5.74, 6) is -0.658. The van der Waals surface area contributed by atoms with Crippen LogP contribution in [-0.4, -0.2) is 46.7 Å². The van der Waals surface area contributed by atoms with Crippen LogP contribution in [-0.2, 0) is 38.8 Å². The largest absolute Gasteiger partial charge is 0.392 e. The molecule has 246 valence electrons. The first-order valence-corrected chi connectivity index (χ1v) is 16.0. The molecule has 47 heavy (non-hydrogen) atoms. The predicted octanol–water partition coefficient (Wildman–Crippen LogP) is 5.82. The molecule has 1 aliphatic heterocycles. The second kappa shape index (κ2) is 17.0. The molecule has 9 heteroatoms. The number of hydrogen-bond acceptors (Lipinski definition) is 7. The summed E-state index contributed by atoms with van der Waals surface area (Å²) < 4.78 is 13.2. The Hall–Kier alpha value is -4.38. The van der Waals surface area contributed by atoms with Crippen LogP contribution in [0.1, 0.15) is 65.9 Å². The van der Waals surface area contributed by atoms with E-state index in [0.29, 0.717) is 19.4 Å². The number of carbonyl (C=O) groups is 2. The fourth-order valence-corrected chi connectivity index (χ4v) is 5.82. The van der Waals surface area contributed by atoms with Crippen LogP contribution in [0.5, 0.6) is 0 Å². The van der Waals surface area contributed by atoms with E-state index < -0.39 is 12.2 Å². The Balaban J connectivity index is 1.29. The van der Waals surface area contributed by atoms with E-state index in [1.165, 1.54) is 5.56 Å². The summed E-state index contributed by atoms with van der Waals surface area (Å²) in [6.07, 6.45) is 0.532. The lowest BCUT2D eigenvalue weighted by Gasteiger charge is -2.38. The number of hydrogen-bond donors (Lipinski definition) is 4. The summed E-state index contributed by atoms with van der Waals surface area (Å²) >= 11 is 0. The normalized spacial score (nSPS) is 17.7. The van der Waals surface area contributed by atoms with Gasteiger partial charge in [-0.1, -0.05) is 91.0 Å². The van der Waals surface area contributed by atoms with Crippen molar-refractivity contribution in [3.8, 4) is 11.1 Å². The Morgan fingerprint density at radius 1 is 0.787 bits per heavy atom. The summed E-state index contributed by atoms with van der Waals surface area (Å²) in [6, 6.07) is 34.5. The van der Waals surface area contributed by atoms with Crippen molar-refractivity contribution in [3.05, 3.63) is 131 Å². The van der Waals surface area contributed by atoms with Crippen LogP contribution in [0.4, 0.5) is 0 Å². The highest BCUT2D eigenvalue weighted by molar-refractivity contribution is 5.78. The number of nitrogens with one attached hydrogen (secondary N) is 2. The average Bonchev–Trinajstić information content (AvgIpc) is 3.11. The van der Waals surface area contributed by atoms with Crippen LogP contribution in [0, 0.1) is 0 Å². The van der Waals surface area contributed by atoms with Crippen molar-refractivity contribution >= 4 is 11.8 Å². The molecule has 1 aliphatic rings. The minimum Gasteiger partial charge on any atom is -0.392 e. The minimum atomic E-state index is -0.572. The lowest BCUT2D eigenvalue weighted by atomic mass is 9.98. The molecule has 1 fully saturated rings. The number of benzene rings is 4. The smallest absolute Gasteiger partial charge is 0.243 e. The summed E-state index contributed by atoms with van der Waals surface area (Å²) in [4.78, 5) is 25.7. The van der Waals surface area contributed by atoms with E-state index in [9.17, 15) is 14.7 Å². The van der Waals surface area contributed by atoms with E-state index >= 15 is 0 Å². The third kappa shape index (κ3) is 10.1. The van der Waals surface area contributed by atoms with E-state index in [1.54, 1.807) is 5.48 Å². The molecule has 5 rings (SSSR count). The van der Waals surface area contributed by atoms with Gasteiger partial charge in [0, 0.05) is 44.5 Å². The molecule has 3 unspecified atom stereocenters. The molecular weight excluding hydrogens is 594 g/mol. The zero-order valence-electron chi connectivity index (χ0n) is 26.7. The Bertz CT molecular complexity index is 1600. The van der Waals surface area contributed by atoms with Gasteiger partial charge in [-0.15, -0.1) is 0 Å². The Labute approximate surface area is 276 Å². The van der Waals surface area contributed by atoms with Crippen LogP contribution in [0.2, 0.25) is 0 Å². The number of nitrogens with zero attached hydrogens (tertiary/aromatic N) is 1. The number of aliphatic hydroxyl groups excluding tert-OH is 1. The lowest BCUT2D eigenvalue weighted by Crippen LogP contribution is -2.37.